The van der Waals surface area contributed by atoms with Gasteiger partial charge < -0.3 is 10.2 Å². The van der Waals surface area contributed by atoms with Crippen LogP contribution in [0.5, 0.6) is 0 Å². The maximum atomic E-state index is 12.5. The van der Waals surface area contributed by atoms with Gasteiger partial charge in [0.1, 0.15) is 0 Å². The zero-order valence-electron chi connectivity index (χ0n) is 14.0. The van der Waals surface area contributed by atoms with E-state index in [9.17, 15) is 22.0 Å². The summed E-state index contributed by atoms with van der Waals surface area (Å²) in [6.45, 7) is 2.29. The van der Waals surface area contributed by atoms with Crippen LogP contribution >= 0.6 is 12.4 Å². The van der Waals surface area contributed by atoms with E-state index in [1.165, 1.54) is 12.1 Å². The second-order valence-corrected chi connectivity index (χ2v) is 7.95. The molecule has 1 saturated heterocycles. The van der Waals surface area contributed by atoms with E-state index in [1.807, 2.05) is 11.9 Å². The van der Waals surface area contributed by atoms with E-state index >= 15 is 0 Å². The van der Waals surface area contributed by atoms with Crippen LogP contribution in [-0.4, -0.2) is 51.7 Å². The predicted octanol–water partition coefficient (Wildman–Crippen LogP) is 2.11. The molecule has 9 heteroatoms. The Kier molecular flexibility index (Phi) is 8.24. The van der Waals surface area contributed by atoms with Crippen molar-refractivity contribution in [3.63, 3.8) is 0 Å². The van der Waals surface area contributed by atoms with Gasteiger partial charge >= 0.3 is 5.76 Å². The number of amides is 1. The molecule has 0 spiro atoms. The third kappa shape index (κ3) is 5.62. The number of carbonyl (C=O) groups excluding carboxylic acids is 1. The van der Waals surface area contributed by atoms with E-state index in [0.29, 0.717) is 18.0 Å². The van der Waals surface area contributed by atoms with Crippen molar-refractivity contribution in [3.05, 3.63) is 29.8 Å². The highest BCUT2D eigenvalue weighted by molar-refractivity contribution is 7.91. The molecule has 1 amide bonds. The summed E-state index contributed by atoms with van der Waals surface area (Å²) in [4.78, 5) is 13.8. The summed E-state index contributed by atoms with van der Waals surface area (Å²) in [5.41, 5.74) is 0.615. The molecule has 0 radical (unpaired) electrons. The number of halogens is 3. The van der Waals surface area contributed by atoms with Crippen LogP contribution in [0.2, 0.25) is 0 Å². The van der Waals surface area contributed by atoms with E-state index in [-0.39, 0.29) is 24.7 Å². The molecular formula is C16H23ClF2N2O3S. The number of carbonyl (C=O) groups is 1. The quantitative estimate of drug-likeness (QED) is 0.799. The van der Waals surface area contributed by atoms with Crippen molar-refractivity contribution in [3.8, 4) is 0 Å². The fourth-order valence-corrected chi connectivity index (χ4v) is 3.65. The maximum Gasteiger partial charge on any atom is 0.341 e. The van der Waals surface area contributed by atoms with Crippen molar-refractivity contribution in [2.75, 3.05) is 26.7 Å². The first kappa shape index (κ1) is 21.8. The highest BCUT2D eigenvalue weighted by atomic mass is 35.5. The van der Waals surface area contributed by atoms with Crippen molar-refractivity contribution in [2.24, 2.45) is 5.92 Å². The lowest BCUT2D eigenvalue weighted by molar-refractivity contribution is -0.132. The van der Waals surface area contributed by atoms with E-state index in [2.05, 4.69) is 5.32 Å². The van der Waals surface area contributed by atoms with Crippen LogP contribution in [0.4, 0.5) is 8.78 Å². The average Bonchev–Trinajstić information content (AvgIpc) is 2.56. The number of likely N-dealkylation sites (tertiary alicyclic amines) is 1. The van der Waals surface area contributed by atoms with Gasteiger partial charge in [0, 0.05) is 13.1 Å². The molecule has 5 nitrogen and oxygen atoms in total. The van der Waals surface area contributed by atoms with E-state index in [1.54, 1.807) is 0 Å². The highest BCUT2D eigenvalue weighted by Gasteiger charge is 2.27. The minimum atomic E-state index is -4.59. The number of benzene rings is 1. The molecule has 1 fully saturated rings. The average molecular weight is 397 g/mol. The summed E-state index contributed by atoms with van der Waals surface area (Å²) in [6.07, 6.45) is 2.19. The second kappa shape index (κ2) is 9.45. The van der Waals surface area contributed by atoms with Crippen molar-refractivity contribution >= 4 is 28.2 Å². The normalized spacial score (nSPS) is 18.1. The highest BCUT2D eigenvalue weighted by Crippen LogP contribution is 2.20. The first-order chi connectivity index (χ1) is 11.3. The molecule has 0 bridgehead atoms. The molecule has 0 aliphatic carbocycles. The van der Waals surface area contributed by atoms with E-state index in [4.69, 9.17) is 0 Å². The zero-order valence-corrected chi connectivity index (χ0v) is 15.6. The van der Waals surface area contributed by atoms with Gasteiger partial charge in [-0.05, 0) is 50.0 Å². The lowest BCUT2D eigenvalue weighted by atomic mass is 9.97. The molecule has 1 aliphatic rings. The van der Waals surface area contributed by atoms with Crippen LogP contribution in [-0.2, 0) is 21.1 Å². The Balaban J connectivity index is 0.00000312. The Hall–Kier alpha value is -1.25. The monoisotopic (exact) mass is 396 g/mol. The largest absolute Gasteiger partial charge is 0.342 e. The van der Waals surface area contributed by atoms with Gasteiger partial charge in [-0.2, -0.15) is 8.78 Å². The number of sulfone groups is 1. The van der Waals surface area contributed by atoms with Crippen molar-refractivity contribution in [2.45, 2.75) is 29.9 Å². The summed E-state index contributed by atoms with van der Waals surface area (Å²) in [5, 5.41) is 3.12. The Bertz CT molecular complexity index is 666. The van der Waals surface area contributed by atoms with Crippen molar-refractivity contribution in [1.29, 1.82) is 0 Å². The van der Waals surface area contributed by atoms with Crippen LogP contribution < -0.4 is 5.32 Å². The second-order valence-electron chi connectivity index (χ2n) is 6.03. The molecular weight excluding hydrogens is 374 g/mol. The smallest absolute Gasteiger partial charge is 0.341 e. The number of hydrogen-bond donors (Lipinski definition) is 1. The van der Waals surface area contributed by atoms with E-state index in [0.717, 1.165) is 38.1 Å². The summed E-state index contributed by atoms with van der Waals surface area (Å²) >= 11 is 0. The lowest BCUT2D eigenvalue weighted by Gasteiger charge is -2.32. The van der Waals surface area contributed by atoms with Crippen LogP contribution in [0.3, 0.4) is 0 Å². The Morgan fingerprint density at radius 3 is 2.52 bits per heavy atom. The molecule has 0 saturated carbocycles. The topological polar surface area (TPSA) is 66.5 Å². The van der Waals surface area contributed by atoms with Gasteiger partial charge in [0.25, 0.3) is 0 Å². The molecule has 1 aromatic rings. The van der Waals surface area contributed by atoms with Gasteiger partial charge in [-0.3, -0.25) is 4.79 Å². The molecule has 2 rings (SSSR count). The van der Waals surface area contributed by atoms with E-state index < -0.39 is 20.5 Å². The van der Waals surface area contributed by atoms with Gasteiger partial charge in [0.2, 0.25) is 15.7 Å². The summed E-state index contributed by atoms with van der Waals surface area (Å²) in [7, 11) is -2.71. The van der Waals surface area contributed by atoms with Gasteiger partial charge in [-0.15, -0.1) is 12.4 Å². The van der Waals surface area contributed by atoms with Crippen LogP contribution in [0.25, 0.3) is 0 Å². The van der Waals surface area contributed by atoms with Crippen molar-refractivity contribution in [1.82, 2.24) is 10.2 Å². The summed E-state index contributed by atoms with van der Waals surface area (Å²) in [5.74, 6) is -3.03. The molecule has 1 aliphatic heterocycles. The number of alkyl halides is 2. The third-order valence-electron chi connectivity index (χ3n) is 4.21. The molecule has 1 atom stereocenters. The molecule has 1 unspecified atom stereocenters. The Labute approximate surface area is 153 Å². The molecule has 1 aromatic carbocycles. The number of rotatable bonds is 6. The fourth-order valence-electron chi connectivity index (χ4n) is 2.93. The standard InChI is InChI=1S/C16H22F2N2O3S.ClH/c1-19-10-13-3-2-8-20(11-13)15(21)9-12-4-6-14(7-5-12)24(22,23)16(17)18;/h4-7,13,16,19H,2-3,8-11H2,1H3;1H. The lowest BCUT2D eigenvalue weighted by Crippen LogP contribution is -2.43. The Morgan fingerprint density at radius 1 is 1.32 bits per heavy atom. The SMILES string of the molecule is CNCC1CCCN(C(=O)Cc2ccc(S(=O)(=O)C(F)F)cc2)C1.Cl. The molecule has 1 N–H and O–H groups in total. The summed E-state index contributed by atoms with van der Waals surface area (Å²) < 4.78 is 47.8. The third-order valence-corrected chi connectivity index (χ3v) is 5.60. The number of nitrogens with one attached hydrogen (secondary N) is 1. The van der Waals surface area contributed by atoms with Gasteiger partial charge in [-0.25, -0.2) is 8.42 Å². The van der Waals surface area contributed by atoms with Crippen LogP contribution in [0.15, 0.2) is 29.2 Å². The van der Waals surface area contributed by atoms with Gasteiger partial charge in [-0.1, -0.05) is 12.1 Å². The predicted molar refractivity (Wildman–Crippen MR) is 93.8 cm³/mol. The van der Waals surface area contributed by atoms with Crippen LogP contribution in [0.1, 0.15) is 18.4 Å². The first-order valence-corrected chi connectivity index (χ1v) is 9.42. The molecule has 25 heavy (non-hydrogen) atoms. The Morgan fingerprint density at radius 2 is 1.96 bits per heavy atom. The first-order valence-electron chi connectivity index (χ1n) is 7.88. The summed E-state index contributed by atoms with van der Waals surface area (Å²) in [6, 6.07) is 5.10. The molecule has 1 heterocycles. The van der Waals surface area contributed by atoms with Gasteiger partial charge in [0.15, 0.2) is 0 Å². The number of hydrogen-bond acceptors (Lipinski definition) is 4. The fraction of sp³-hybridized carbons (Fsp3) is 0.562. The van der Waals surface area contributed by atoms with Gasteiger partial charge in [0.05, 0.1) is 11.3 Å². The minimum Gasteiger partial charge on any atom is -0.342 e. The number of nitrogens with zero attached hydrogens (tertiary/aromatic N) is 1. The zero-order chi connectivity index (χ0) is 17.7. The van der Waals surface area contributed by atoms with Crippen molar-refractivity contribution < 1.29 is 22.0 Å². The molecule has 142 valence electrons. The molecule has 0 aromatic heterocycles. The maximum absolute atomic E-state index is 12.5. The minimum absolute atomic E-state index is 0. The van der Waals surface area contributed by atoms with Crippen LogP contribution in [0, 0.1) is 5.92 Å². The number of piperidine rings is 1.